The number of nitrogens with zero attached hydrogens (tertiary/aromatic N) is 1. The van der Waals surface area contributed by atoms with Gasteiger partial charge in [0.2, 0.25) is 0 Å². The highest BCUT2D eigenvalue weighted by Gasteiger charge is 2.25. The van der Waals surface area contributed by atoms with Crippen LogP contribution < -0.4 is 4.90 Å². The minimum absolute atomic E-state index is 0.164. The normalized spacial score (nSPS) is 17.8. The molecule has 1 aromatic rings. The fraction of sp³-hybridized carbons (Fsp3) is 0.562. The first kappa shape index (κ1) is 14.9. The maximum Gasteiger partial charge on any atom is 0.410 e. The molecule has 0 bridgehead atoms. The number of carbonyl (C=O) groups excluding carboxylic acids is 1. The Labute approximate surface area is 121 Å². The lowest BCUT2D eigenvalue weighted by Gasteiger charge is -2.32. The summed E-state index contributed by atoms with van der Waals surface area (Å²) in [6.45, 7) is 9.33. The van der Waals surface area contributed by atoms with Crippen LogP contribution in [0.5, 0.6) is 0 Å². The van der Waals surface area contributed by atoms with E-state index in [9.17, 15) is 4.79 Å². The van der Waals surface area contributed by atoms with Crippen LogP contribution in [0.25, 0.3) is 0 Å². The summed E-state index contributed by atoms with van der Waals surface area (Å²) in [6, 6.07) is 10.6. The summed E-state index contributed by atoms with van der Waals surface area (Å²) in [6.07, 6.45) is -0.164. The fourth-order valence-electron chi connectivity index (χ4n) is 2.76. The van der Waals surface area contributed by atoms with E-state index >= 15 is 0 Å². The molecule has 0 aliphatic carbocycles. The molecule has 20 heavy (non-hydrogen) atoms. The van der Waals surface area contributed by atoms with E-state index in [1.807, 2.05) is 11.8 Å². The second kappa shape index (κ2) is 7.29. The van der Waals surface area contributed by atoms with Crippen molar-refractivity contribution in [1.82, 2.24) is 4.90 Å². The summed E-state index contributed by atoms with van der Waals surface area (Å²) < 4.78 is 5.04. The van der Waals surface area contributed by atoms with Gasteiger partial charge in [-0.05, 0) is 12.5 Å². The van der Waals surface area contributed by atoms with Gasteiger partial charge in [-0.3, -0.25) is 4.90 Å². The van der Waals surface area contributed by atoms with Gasteiger partial charge in [-0.2, -0.15) is 0 Å². The zero-order valence-electron chi connectivity index (χ0n) is 12.5. The molecule has 1 heterocycles. The monoisotopic (exact) mass is 277 g/mol. The molecule has 4 nitrogen and oxygen atoms in total. The Morgan fingerprint density at radius 2 is 1.95 bits per heavy atom. The smallest absolute Gasteiger partial charge is 0.410 e. The summed E-state index contributed by atoms with van der Waals surface area (Å²) in [4.78, 5) is 15.0. The lowest BCUT2D eigenvalue weighted by Crippen LogP contribution is -3.15. The van der Waals surface area contributed by atoms with Gasteiger partial charge in [0, 0.05) is 5.92 Å². The molecule has 0 radical (unpaired) electrons. The summed E-state index contributed by atoms with van der Waals surface area (Å²) >= 11 is 0. The van der Waals surface area contributed by atoms with Gasteiger partial charge in [-0.15, -0.1) is 0 Å². The van der Waals surface area contributed by atoms with Crippen LogP contribution in [0.15, 0.2) is 30.3 Å². The molecule has 1 fully saturated rings. The first-order valence-corrected chi connectivity index (χ1v) is 7.51. The van der Waals surface area contributed by atoms with E-state index in [0.717, 1.165) is 32.7 Å². The number of piperazine rings is 1. The Morgan fingerprint density at radius 3 is 2.55 bits per heavy atom. The van der Waals surface area contributed by atoms with E-state index in [4.69, 9.17) is 4.74 Å². The number of hydrogen-bond donors (Lipinski definition) is 1. The molecule has 0 unspecified atom stereocenters. The van der Waals surface area contributed by atoms with Gasteiger partial charge >= 0.3 is 6.09 Å². The van der Waals surface area contributed by atoms with Crippen molar-refractivity contribution in [2.45, 2.75) is 19.8 Å². The third-order valence-corrected chi connectivity index (χ3v) is 3.96. The molecule has 1 amide bonds. The van der Waals surface area contributed by atoms with Crippen LogP contribution in [-0.4, -0.2) is 50.3 Å². The van der Waals surface area contributed by atoms with Crippen LogP contribution in [0.3, 0.4) is 0 Å². The van der Waals surface area contributed by atoms with E-state index in [1.54, 1.807) is 4.90 Å². The molecule has 1 atom stereocenters. The number of quaternary nitrogens is 1. The SMILES string of the molecule is CCOC(=O)N1CC[NH+](C[C@@H](C)c2ccccc2)CC1. The largest absolute Gasteiger partial charge is 0.450 e. The molecule has 1 aliphatic heterocycles. The topological polar surface area (TPSA) is 34.0 Å². The van der Waals surface area contributed by atoms with Crippen molar-refractivity contribution in [2.75, 3.05) is 39.3 Å². The van der Waals surface area contributed by atoms with Crippen LogP contribution >= 0.6 is 0 Å². The Kier molecular flexibility index (Phi) is 5.41. The van der Waals surface area contributed by atoms with E-state index in [0.29, 0.717) is 12.5 Å². The van der Waals surface area contributed by atoms with E-state index in [2.05, 4.69) is 37.3 Å². The Bertz CT molecular complexity index is 414. The van der Waals surface area contributed by atoms with Crippen molar-refractivity contribution < 1.29 is 14.4 Å². The molecular weight excluding hydrogens is 252 g/mol. The zero-order valence-corrected chi connectivity index (χ0v) is 12.5. The second-order valence-corrected chi connectivity index (χ2v) is 5.45. The van der Waals surface area contributed by atoms with Gasteiger partial charge in [0.15, 0.2) is 0 Å². The molecule has 2 rings (SSSR count). The van der Waals surface area contributed by atoms with Gasteiger partial charge in [0.25, 0.3) is 0 Å². The molecule has 1 saturated heterocycles. The number of rotatable bonds is 4. The van der Waals surface area contributed by atoms with E-state index in [1.165, 1.54) is 5.56 Å². The van der Waals surface area contributed by atoms with Gasteiger partial charge in [0.05, 0.1) is 39.3 Å². The molecule has 1 aliphatic rings. The fourth-order valence-corrected chi connectivity index (χ4v) is 2.76. The lowest BCUT2D eigenvalue weighted by molar-refractivity contribution is -0.905. The molecule has 0 saturated carbocycles. The average Bonchev–Trinajstić information content (AvgIpc) is 2.49. The van der Waals surface area contributed by atoms with Crippen LogP contribution in [0.2, 0.25) is 0 Å². The number of nitrogens with one attached hydrogen (secondary N) is 1. The number of carbonyl (C=O) groups is 1. The van der Waals surface area contributed by atoms with E-state index in [-0.39, 0.29) is 6.09 Å². The summed E-state index contributed by atoms with van der Waals surface area (Å²) in [7, 11) is 0. The Hall–Kier alpha value is -1.55. The van der Waals surface area contributed by atoms with Gasteiger partial charge < -0.3 is 9.64 Å². The third kappa shape index (κ3) is 3.97. The lowest BCUT2D eigenvalue weighted by atomic mass is 10.0. The third-order valence-electron chi connectivity index (χ3n) is 3.96. The number of hydrogen-bond acceptors (Lipinski definition) is 2. The predicted molar refractivity (Wildman–Crippen MR) is 79.0 cm³/mol. The van der Waals surface area contributed by atoms with Gasteiger partial charge in [-0.25, -0.2) is 4.79 Å². The maximum atomic E-state index is 11.6. The van der Waals surface area contributed by atoms with Crippen molar-refractivity contribution >= 4 is 6.09 Å². The zero-order chi connectivity index (χ0) is 14.4. The van der Waals surface area contributed by atoms with Crippen molar-refractivity contribution in [1.29, 1.82) is 0 Å². The first-order chi connectivity index (χ1) is 9.70. The summed E-state index contributed by atoms with van der Waals surface area (Å²) in [5, 5.41) is 0. The summed E-state index contributed by atoms with van der Waals surface area (Å²) in [5.41, 5.74) is 1.40. The van der Waals surface area contributed by atoms with Crippen molar-refractivity contribution in [3.8, 4) is 0 Å². The highest BCUT2D eigenvalue weighted by atomic mass is 16.6. The molecule has 1 N–H and O–H groups in total. The second-order valence-electron chi connectivity index (χ2n) is 5.45. The first-order valence-electron chi connectivity index (χ1n) is 7.51. The number of benzene rings is 1. The molecule has 0 aromatic heterocycles. The Balaban J connectivity index is 1.78. The minimum Gasteiger partial charge on any atom is -0.450 e. The number of ether oxygens (including phenoxy) is 1. The quantitative estimate of drug-likeness (QED) is 0.896. The molecular formula is C16H25N2O2+. The standard InChI is InChI=1S/C16H24N2O2/c1-3-20-16(19)18-11-9-17(10-12-18)13-14(2)15-7-5-4-6-8-15/h4-8,14H,3,9-13H2,1-2H3/p+1/t14-/m1/s1. The molecule has 110 valence electrons. The van der Waals surface area contributed by atoms with Crippen LogP contribution in [0, 0.1) is 0 Å². The average molecular weight is 277 g/mol. The van der Waals surface area contributed by atoms with Crippen molar-refractivity contribution in [3.05, 3.63) is 35.9 Å². The van der Waals surface area contributed by atoms with Crippen LogP contribution in [-0.2, 0) is 4.74 Å². The van der Waals surface area contributed by atoms with Crippen molar-refractivity contribution in [3.63, 3.8) is 0 Å². The highest BCUT2D eigenvalue weighted by Crippen LogP contribution is 2.12. The van der Waals surface area contributed by atoms with Crippen molar-refractivity contribution in [2.24, 2.45) is 0 Å². The molecule has 1 aromatic carbocycles. The van der Waals surface area contributed by atoms with Gasteiger partial charge in [-0.1, -0.05) is 37.3 Å². The Morgan fingerprint density at radius 1 is 1.30 bits per heavy atom. The molecule has 4 heteroatoms. The predicted octanol–water partition coefficient (Wildman–Crippen LogP) is 1.15. The van der Waals surface area contributed by atoms with Gasteiger partial charge in [0.1, 0.15) is 0 Å². The number of amides is 1. The minimum atomic E-state index is -0.164. The maximum absolute atomic E-state index is 11.6. The van der Waals surface area contributed by atoms with Crippen LogP contribution in [0.4, 0.5) is 4.79 Å². The van der Waals surface area contributed by atoms with E-state index < -0.39 is 0 Å². The highest BCUT2D eigenvalue weighted by molar-refractivity contribution is 5.67. The summed E-state index contributed by atoms with van der Waals surface area (Å²) in [5.74, 6) is 0.556. The molecule has 0 spiro atoms. The van der Waals surface area contributed by atoms with Crippen LogP contribution in [0.1, 0.15) is 25.3 Å².